The maximum absolute atomic E-state index is 13.9. The second-order valence-electron chi connectivity index (χ2n) is 9.93. The summed E-state index contributed by atoms with van der Waals surface area (Å²) in [5.41, 5.74) is 7.66. The van der Waals surface area contributed by atoms with Crippen molar-refractivity contribution in [1.29, 1.82) is 0 Å². The molecule has 0 spiro atoms. The van der Waals surface area contributed by atoms with Crippen LogP contribution < -0.4 is 19.2 Å². The third-order valence-corrected chi connectivity index (χ3v) is 9.06. The molecule has 0 atom stereocenters. The Balaban J connectivity index is 1.62. The van der Waals surface area contributed by atoms with Crippen LogP contribution in [0.25, 0.3) is 5.69 Å². The fraction of sp³-hybridized carbons (Fsp3) is 0.226. The Labute approximate surface area is 261 Å². The number of hydrogen-bond donors (Lipinski definition) is 1. The van der Waals surface area contributed by atoms with Crippen LogP contribution in [-0.4, -0.2) is 45.9 Å². The molecule has 0 saturated heterocycles. The van der Waals surface area contributed by atoms with E-state index in [0.29, 0.717) is 21.5 Å². The van der Waals surface area contributed by atoms with E-state index in [1.54, 1.807) is 30.3 Å². The van der Waals surface area contributed by atoms with E-state index in [9.17, 15) is 13.2 Å². The smallest absolute Gasteiger partial charge is 0.264 e. The highest BCUT2D eigenvalue weighted by atomic mass is 35.5. The number of rotatable bonds is 10. The quantitative estimate of drug-likeness (QED) is 0.160. The van der Waals surface area contributed by atoms with Gasteiger partial charge in [-0.15, -0.1) is 0 Å². The zero-order valence-electron chi connectivity index (χ0n) is 24.6. The van der Waals surface area contributed by atoms with Crippen LogP contribution in [0.4, 0.5) is 5.69 Å². The van der Waals surface area contributed by atoms with Crippen molar-refractivity contribution in [2.75, 3.05) is 25.1 Å². The van der Waals surface area contributed by atoms with Gasteiger partial charge in [-0.1, -0.05) is 29.3 Å². The molecule has 43 heavy (non-hydrogen) atoms. The lowest BCUT2D eigenvalue weighted by atomic mass is 10.1. The lowest BCUT2D eigenvalue weighted by Crippen LogP contribution is -2.39. The van der Waals surface area contributed by atoms with Gasteiger partial charge < -0.3 is 14.0 Å². The fourth-order valence-corrected chi connectivity index (χ4v) is 6.59. The first-order chi connectivity index (χ1) is 20.3. The van der Waals surface area contributed by atoms with E-state index in [2.05, 4.69) is 10.5 Å². The molecule has 0 aliphatic heterocycles. The highest BCUT2D eigenvalue weighted by Crippen LogP contribution is 2.33. The van der Waals surface area contributed by atoms with Crippen molar-refractivity contribution in [3.8, 4) is 17.2 Å². The van der Waals surface area contributed by atoms with Crippen LogP contribution >= 0.6 is 23.2 Å². The van der Waals surface area contributed by atoms with Gasteiger partial charge in [0.25, 0.3) is 15.9 Å². The first-order valence-electron chi connectivity index (χ1n) is 13.1. The molecule has 0 fully saturated rings. The molecule has 1 N–H and O–H groups in total. The number of sulfonamides is 1. The number of anilines is 1. The molecule has 12 heteroatoms. The number of halogens is 2. The summed E-state index contributed by atoms with van der Waals surface area (Å²) in [6.45, 7) is 7.00. The Bertz CT molecular complexity index is 1800. The predicted molar refractivity (Wildman–Crippen MR) is 171 cm³/mol. The number of methoxy groups -OCH3 is 2. The van der Waals surface area contributed by atoms with Gasteiger partial charge >= 0.3 is 0 Å². The number of aromatic nitrogens is 1. The van der Waals surface area contributed by atoms with E-state index in [4.69, 9.17) is 32.7 Å². The van der Waals surface area contributed by atoms with Gasteiger partial charge in [0.15, 0.2) is 11.5 Å². The minimum absolute atomic E-state index is 0.0623. The molecule has 4 aromatic rings. The Kier molecular flexibility index (Phi) is 9.74. The number of aryl methyl sites for hydroxylation is 3. The van der Waals surface area contributed by atoms with Crippen LogP contribution in [0.2, 0.25) is 10.0 Å². The number of amides is 1. The van der Waals surface area contributed by atoms with Crippen LogP contribution in [0.3, 0.4) is 0 Å². The van der Waals surface area contributed by atoms with Crippen molar-refractivity contribution in [2.24, 2.45) is 5.10 Å². The van der Waals surface area contributed by atoms with Crippen LogP contribution in [0.5, 0.6) is 11.5 Å². The van der Waals surface area contributed by atoms with Crippen molar-refractivity contribution in [3.05, 3.63) is 98.8 Å². The van der Waals surface area contributed by atoms with Crippen LogP contribution in [0.1, 0.15) is 28.1 Å². The van der Waals surface area contributed by atoms with Gasteiger partial charge in [0.2, 0.25) is 0 Å². The average Bonchev–Trinajstić information content (AvgIpc) is 3.24. The largest absolute Gasteiger partial charge is 0.493 e. The topological polar surface area (TPSA) is 102 Å². The summed E-state index contributed by atoms with van der Waals surface area (Å²) in [7, 11) is -1.33. The number of nitrogens with zero attached hydrogens (tertiary/aromatic N) is 3. The average molecular weight is 644 g/mol. The van der Waals surface area contributed by atoms with Crippen molar-refractivity contribution in [2.45, 2.75) is 32.6 Å². The highest BCUT2D eigenvalue weighted by Gasteiger charge is 2.29. The van der Waals surface area contributed by atoms with E-state index < -0.39 is 22.5 Å². The Hall–Kier alpha value is -3.99. The van der Waals surface area contributed by atoms with Gasteiger partial charge in [0, 0.05) is 28.0 Å². The molecule has 1 amide bonds. The third-order valence-electron chi connectivity index (χ3n) is 6.74. The molecule has 1 aromatic heterocycles. The number of nitrogens with one attached hydrogen (secondary N) is 1. The summed E-state index contributed by atoms with van der Waals surface area (Å²) < 4.78 is 41.4. The molecular formula is C31H32Cl2N4O5S. The Morgan fingerprint density at radius 2 is 1.60 bits per heavy atom. The molecule has 0 saturated carbocycles. The molecule has 4 rings (SSSR count). The monoisotopic (exact) mass is 642 g/mol. The van der Waals surface area contributed by atoms with Gasteiger partial charge in [-0.25, -0.2) is 13.8 Å². The molecule has 0 unspecified atom stereocenters. The number of ether oxygens (including phenoxy) is 2. The van der Waals surface area contributed by atoms with Gasteiger partial charge in [-0.2, -0.15) is 5.10 Å². The number of carbonyl (C=O) groups is 1. The molecule has 0 aliphatic carbocycles. The first-order valence-corrected chi connectivity index (χ1v) is 15.3. The molecule has 3 aromatic carbocycles. The number of benzene rings is 3. The second kappa shape index (κ2) is 13.1. The highest BCUT2D eigenvalue weighted by molar-refractivity contribution is 7.92. The zero-order valence-corrected chi connectivity index (χ0v) is 26.9. The number of carbonyl (C=O) groups excluding carboxylic acids is 1. The molecule has 0 bridgehead atoms. The Morgan fingerprint density at radius 3 is 2.26 bits per heavy atom. The second-order valence-corrected chi connectivity index (χ2v) is 12.6. The van der Waals surface area contributed by atoms with E-state index in [0.717, 1.165) is 38.1 Å². The molecule has 9 nitrogen and oxygen atoms in total. The van der Waals surface area contributed by atoms with Crippen molar-refractivity contribution in [1.82, 2.24) is 9.99 Å². The summed E-state index contributed by atoms with van der Waals surface area (Å²) in [6.07, 6.45) is 1.50. The van der Waals surface area contributed by atoms with Gasteiger partial charge in [-0.05, 0) is 87.4 Å². The van der Waals surface area contributed by atoms with Crippen LogP contribution in [0, 0.1) is 27.7 Å². The van der Waals surface area contributed by atoms with E-state index in [-0.39, 0.29) is 10.6 Å². The van der Waals surface area contributed by atoms with E-state index in [1.165, 1.54) is 38.6 Å². The minimum atomic E-state index is -4.21. The molecular weight excluding hydrogens is 611 g/mol. The third kappa shape index (κ3) is 6.98. The minimum Gasteiger partial charge on any atom is -0.493 e. The first kappa shape index (κ1) is 31.9. The standard InChI is InChI=1S/C31H32Cl2N4O5S/c1-19-11-20(2)13-25(12-19)36(43(39,40)26-8-10-29(41-5)30(16-26)42-6)18-31(38)35-34-17-23-14-21(3)37(22(23)4)28-15-24(32)7-9-27(28)33/h7-17H,18H2,1-6H3,(H,35,38)/b34-17-. The molecule has 0 aliphatic rings. The van der Waals surface area contributed by atoms with Crippen molar-refractivity contribution in [3.63, 3.8) is 0 Å². The summed E-state index contributed by atoms with van der Waals surface area (Å²) >= 11 is 12.6. The number of hydrogen-bond acceptors (Lipinski definition) is 6. The predicted octanol–water partition coefficient (Wildman–Crippen LogP) is 6.38. The van der Waals surface area contributed by atoms with Crippen molar-refractivity contribution < 1.29 is 22.7 Å². The van der Waals surface area contributed by atoms with Gasteiger partial charge in [-0.3, -0.25) is 9.10 Å². The normalized spacial score (nSPS) is 11.5. The van der Waals surface area contributed by atoms with E-state index >= 15 is 0 Å². The summed E-state index contributed by atoms with van der Waals surface area (Å²) in [5.74, 6) is -0.00992. The Morgan fingerprint density at radius 1 is 0.930 bits per heavy atom. The van der Waals surface area contributed by atoms with Crippen LogP contribution in [0.15, 0.2) is 70.7 Å². The maximum atomic E-state index is 13.9. The summed E-state index contributed by atoms with van der Waals surface area (Å²) in [4.78, 5) is 13.1. The van der Waals surface area contributed by atoms with Gasteiger partial charge in [0.05, 0.1) is 41.7 Å². The van der Waals surface area contributed by atoms with Crippen molar-refractivity contribution >= 4 is 51.0 Å². The van der Waals surface area contributed by atoms with E-state index in [1.807, 2.05) is 44.4 Å². The summed E-state index contributed by atoms with van der Waals surface area (Å²) in [5, 5.41) is 5.20. The zero-order chi connectivity index (χ0) is 31.5. The number of hydrazone groups is 1. The SMILES string of the molecule is COc1ccc(S(=O)(=O)N(CC(=O)N/N=C\c2cc(C)n(-c3cc(Cl)ccc3Cl)c2C)c2cc(C)cc(C)c2)cc1OC. The molecule has 0 radical (unpaired) electrons. The fourth-order valence-electron chi connectivity index (χ4n) is 4.80. The maximum Gasteiger partial charge on any atom is 0.264 e. The summed E-state index contributed by atoms with van der Waals surface area (Å²) in [6, 6.07) is 16.7. The lowest BCUT2D eigenvalue weighted by Gasteiger charge is -2.25. The van der Waals surface area contributed by atoms with Crippen LogP contribution in [-0.2, 0) is 14.8 Å². The lowest BCUT2D eigenvalue weighted by molar-refractivity contribution is -0.119. The molecule has 1 heterocycles. The van der Waals surface area contributed by atoms with Gasteiger partial charge in [0.1, 0.15) is 6.54 Å². The molecule has 226 valence electrons.